The van der Waals surface area contributed by atoms with Gasteiger partial charge >= 0.3 is 0 Å². The maximum Gasteiger partial charge on any atom is 0.260 e. The number of carbonyl (C=O) groups excluding carboxylic acids is 2. The Hall–Kier alpha value is -2.83. The lowest BCUT2D eigenvalue weighted by atomic mass is 9.87. The van der Waals surface area contributed by atoms with Crippen LogP contribution in [0.15, 0.2) is 30.5 Å². The lowest BCUT2D eigenvalue weighted by Gasteiger charge is -2.30. The van der Waals surface area contributed by atoms with Gasteiger partial charge in [0.1, 0.15) is 11.6 Å². The molecule has 142 valence electrons. The van der Waals surface area contributed by atoms with Gasteiger partial charge in [-0.05, 0) is 36.5 Å². The number of nitrogens with one attached hydrogen (secondary N) is 2. The minimum absolute atomic E-state index is 0.0291. The van der Waals surface area contributed by atoms with Crippen LogP contribution >= 0.6 is 0 Å². The Bertz CT molecular complexity index is 822. The van der Waals surface area contributed by atoms with Crippen LogP contribution in [0.4, 0.5) is 5.82 Å². The zero-order valence-electron chi connectivity index (χ0n) is 15.4. The van der Waals surface area contributed by atoms with Crippen molar-refractivity contribution < 1.29 is 14.3 Å². The van der Waals surface area contributed by atoms with Gasteiger partial charge in [-0.25, -0.2) is 0 Å². The molecule has 7 nitrogen and oxygen atoms in total. The number of fused-ring (bicyclic) bond motifs is 1. The van der Waals surface area contributed by atoms with Crippen molar-refractivity contribution in [3.8, 4) is 5.75 Å². The van der Waals surface area contributed by atoms with Gasteiger partial charge in [0.25, 0.3) is 5.91 Å². The Morgan fingerprint density at radius 2 is 2.00 bits per heavy atom. The number of aromatic nitrogens is 2. The second-order valence-corrected chi connectivity index (χ2v) is 7.43. The third kappa shape index (κ3) is 3.82. The second-order valence-electron chi connectivity index (χ2n) is 7.43. The number of piperidine rings is 1. The molecule has 2 N–H and O–H groups in total. The van der Waals surface area contributed by atoms with E-state index >= 15 is 0 Å². The molecule has 1 atom stereocenters. The first-order chi connectivity index (χ1) is 13.1. The lowest BCUT2D eigenvalue weighted by molar-refractivity contribution is -0.134. The predicted octanol–water partition coefficient (Wildman–Crippen LogP) is 2.52. The van der Waals surface area contributed by atoms with Crippen molar-refractivity contribution in [3.05, 3.63) is 41.6 Å². The first-order valence-corrected chi connectivity index (χ1v) is 9.44. The van der Waals surface area contributed by atoms with E-state index in [-0.39, 0.29) is 24.3 Å². The summed E-state index contributed by atoms with van der Waals surface area (Å²) < 4.78 is 5.68. The summed E-state index contributed by atoms with van der Waals surface area (Å²) in [5, 5.41) is 9.63. The molecule has 27 heavy (non-hydrogen) atoms. The van der Waals surface area contributed by atoms with Crippen molar-refractivity contribution in [1.82, 2.24) is 15.1 Å². The van der Waals surface area contributed by atoms with Crippen LogP contribution in [0.1, 0.15) is 43.2 Å². The molecule has 2 amide bonds. The smallest absolute Gasteiger partial charge is 0.260 e. The van der Waals surface area contributed by atoms with Crippen LogP contribution in [-0.2, 0) is 9.59 Å². The molecule has 1 saturated heterocycles. The van der Waals surface area contributed by atoms with E-state index in [1.165, 1.54) is 0 Å². The van der Waals surface area contributed by atoms with Crippen LogP contribution in [0.5, 0.6) is 5.75 Å². The Labute approximate surface area is 158 Å². The van der Waals surface area contributed by atoms with Crippen LogP contribution in [0.2, 0.25) is 0 Å². The molecule has 7 heteroatoms. The van der Waals surface area contributed by atoms with Crippen LogP contribution in [0, 0.1) is 5.92 Å². The molecule has 1 aromatic heterocycles. The highest BCUT2D eigenvalue weighted by Gasteiger charge is 2.28. The maximum atomic E-state index is 12.3. The van der Waals surface area contributed by atoms with Crippen molar-refractivity contribution in [3.63, 3.8) is 0 Å². The summed E-state index contributed by atoms with van der Waals surface area (Å²) >= 11 is 0. The molecule has 0 bridgehead atoms. The third-order valence-electron chi connectivity index (χ3n) is 5.48. The first kappa shape index (κ1) is 17.6. The summed E-state index contributed by atoms with van der Waals surface area (Å²) in [6.07, 6.45) is 4.26. The minimum atomic E-state index is -0.0291. The molecule has 3 heterocycles. The number of likely N-dealkylation sites (tertiary alicyclic amines) is 1. The molecular weight excluding hydrogens is 344 g/mol. The normalized spacial score (nSPS) is 20.1. The fraction of sp³-hybridized carbons (Fsp3) is 0.450. The Morgan fingerprint density at radius 3 is 2.74 bits per heavy atom. The molecule has 0 spiro atoms. The standard InChI is InChI=1S/C20H24N4O3/c1-13-6-8-24(9-7-13)19(26)12-27-15-4-2-14(3-5-15)16-10-18(25)22-20-17(16)11-21-23-20/h2-5,11,13,16H,6-10,12H2,1H3,(H2,21,22,23,25). The number of H-pyrrole nitrogens is 1. The molecule has 1 fully saturated rings. The number of hydrogen-bond donors (Lipinski definition) is 2. The number of rotatable bonds is 4. The van der Waals surface area contributed by atoms with Gasteiger partial charge in [-0.15, -0.1) is 0 Å². The number of anilines is 1. The molecule has 2 aromatic rings. The largest absolute Gasteiger partial charge is 0.484 e. The van der Waals surface area contributed by atoms with Gasteiger partial charge in [0.2, 0.25) is 5.91 Å². The van der Waals surface area contributed by atoms with E-state index in [1.807, 2.05) is 29.2 Å². The maximum absolute atomic E-state index is 12.3. The van der Waals surface area contributed by atoms with E-state index in [1.54, 1.807) is 6.20 Å². The number of amides is 2. The van der Waals surface area contributed by atoms with Gasteiger partial charge in [0, 0.05) is 31.0 Å². The summed E-state index contributed by atoms with van der Waals surface area (Å²) in [4.78, 5) is 26.1. The van der Waals surface area contributed by atoms with Gasteiger partial charge in [0.05, 0.1) is 6.20 Å². The van der Waals surface area contributed by atoms with E-state index in [2.05, 4.69) is 22.4 Å². The molecule has 0 saturated carbocycles. The molecule has 1 aromatic carbocycles. The van der Waals surface area contributed by atoms with Crippen molar-refractivity contribution in [1.29, 1.82) is 0 Å². The van der Waals surface area contributed by atoms with Gasteiger partial charge in [-0.3, -0.25) is 14.7 Å². The molecular formula is C20H24N4O3. The summed E-state index contributed by atoms with van der Waals surface area (Å²) in [5.41, 5.74) is 2.01. The predicted molar refractivity (Wildman–Crippen MR) is 101 cm³/mol. The topological polar surface area (TPSA) is 87.3 Å². The average molecular weight is 368 g/mol. The van der Waals surface area contributed by atoms with Crippen LogP contribution in [0.3, 0.4) is 0 Å². The highest BCUT2D eigenvalue weighted by molar-refractivity contribution is 5.94. The molecule has 1 unspecified atom stereocenters. The monoisotopic (exact) mass is 368 g/mol. The Kier molecular flexibility index (Phi) is 4.83. The van der Waals surface area contributed by atoms with Gasteiger partial charge < -0.3 is 15.0 Å². The Morgan fingerprint density at radius 1 is 1.26 bits per heavy atom. The third-order valence-corrected chi connectivity index (χ3v) is 5.48. The summed E-state index contributed by atoms with van der Waals surface area (Å²) in [7, 11) is 0. The van der Waals surface area contributed by atoms with Crippen molar-refractivity contribution in [2.45, 2.75) is 32.1 Å². The fourth-order valence-corrected chi connectivity index (χ4v) is 3.73. The number of hydrogen-bond acceptors (Lipinski definition) is 4. The van der Waals surface area contributed by atoms with E-state index in [0.29, 0.717) is 23.9 Å². The summed E-state index contributed by atoms with van der Waals surface area (Å²) in [5.74, 6) is 2.00. The molecule has 2 aliphatic heterocycles. The number of carbonyl (C=O) groups is 2. The van der Waals surface area contributed by atoms with E-state index in [0.717, 1.165) is 37.1 Å². The minimum Gasteiger partial charge on any atom is -0.484 e. The van der Waals surface area contributed by atoms with Gasteiger partial charge in [0.15, 0.2) is 6.61 Å². The van der Waals surface area contributed by atoms with E-state index in [9.17, 15) is 9.59 Å². The number of benzene rings is 1. The second kappa shape index (κ2) is 7.42. The quantitative estimate of drug-likeness (QED) is 0.868. The molecule has 0 radical (unpaired) electrons. The van der Waals surface area contributed by atoms with Crippen LogP contribution < -0.4 is 10.1 Å². The van der Waals surface area contributed by atoms with Crippen LogP contribution in [-0.4, -0.2) is 46.6 Å². The SMILES string of the molecule is CC1CCN(C(=O)COc2ccc(C3CC(=O)Nc4[nH]ncc43)cc2)CC1. The van der Waals surface area contributed by atoms with Crippen molar-refractivity contribution in [2.24, 2.45) is 5.92 Å². The average Bonchev–Trinajstić information content (AvgIpc) is 3.15. The van der Waals surface area contributed by atoms with Gasteiger partial charge in [-0.2, -0.15) is 5.10 Å². The van der Waals surface area contributed by atoms with E-state index < -0.39 is 0 Å². The lowest BCUT2D eigenvalue weighted by Crippen LogP contribution is -2.40. The summed E-state index contributed by atoms with van der Waals surface area (Å²) in [6.45, 7) is 3.92. The van der Waals surface area contributed by atoms with Crippen molar-refractivity contribution >= 4 is 17.6 Å². The summed E-state index contributed by atoms with van der Waals surface area (Å²) in [6, 6.07) is 7.60. The highest BCUT2D eigenvalue weighted by atomic mass is 16.5. The Balaban J connectivity index is 1.37. The molecule has 2 aliphatic rings. The highest BCUT2D eigenvalue weighted by Crippen LogP contribution is 2.36. The molecule has 0 aliphatic carbocycles. The molecule has 4 rings (SSSR count). The zero-order chi connectivity index (χ0) is 18.8. The number of aromatic amines is 1. The van der Waals surface area contributed by atoms with Gasteiger partial charge in [-0.1, -0.05) is 19.1 Å². The van der Waals surface area contributed by atoms with Crippen molar-refractivity contribution in [2.75, 3.05) is 25.0 Å². The van der Waals surface area contributed by atoms with E-state index in [4.69, 9.17) is 4.74 Å². The fourth-order valence-electron chi connectivity index (χ4n) is 3.73. The van der Waals surface area contributed by atoms with Crippen LogP contribution in [0.25, 0.3) is 0 Å². The first-order valence-electron chi connectivity index (χ1n) is 9.44. The zero-order valence-corrected chi connectivity index (χ0v) is 15.4. The number of ether oxygens (including phenoxy) is 1. The number of nitrogens with zero attached hydrogens (tertiary/aromatic N) is 2.